The number of hydrogen-bond acceptors (Lipinski definition) is 6. The highest BCUT2D eigenvalue weighted by Gasteiger charge is 2.30. The molecule has 3 atom stereocenters. The van der Waals surface area contributed by atoms with Crippen molar-refractivity contribution in [3.05, 3.63) is 24.3 Å². The second-order valence-corrected chi connectivity index (χ2v) is 21.6. The van der Waals surface area contributed by atoms with Gasteiger partial charge < -0.3 is 19.4 Å². The quantitative estimate of drug-likeness (QED) is 0.0205. The number of quaternary nitrogens is 1. The van der Waals surface area contributed by atoms with Crippen molar-refractivity contribution < 1.29 is 37.3 Å². The zero-order chi connectivity index (χ0) is 48.0. The maximum absolute atomic E-state index is 13.4. The van der Waals surface area contributed by atoms with Crippen LogP contribution in [-0.2, 0) is 27.9 Å². The number of ether oxygens (including phenoxy) is 1. The van der Waals surface area contributed by atoms with Crippen LogP contribution in [0, 0.1) is 0 Å². The molecular formula is C55H108N2O7P+. The summed E-state index contributed by atoms with van der Waals surface area (Å²) in [7, 11) is 1.50. The predicted molar refractivity (Wildman–Crippen MR) is 277 cm³/mol. The van der Waals surface area contributed by atoms with Crippen LogP contribution in [0.4, 0.5) is 0 Å². The number of phosphoric ester groups is 1. The number of amides is 1. The second kappa shape index (κ2) is 46.2. The van der Waals surface area contributed by atoms with Gasteiger partial charge in [-0.3, -0.25) is 18.6 Å². The van der Waals surface area contributed by atoms with E-state index in [0.29, 0.717) is 23.9 Å². The van der Waals surface area contributed by atoms with Gasteiger partial charge in [0.2, 0.25) is 5.91 Å². The van der Waals surface area contributed by atoms with Gasteiger partial charge in [-0.1, -0.05) is 219 Å². The van der Waals surface area contributed by atoms with E-state index in [1.165, 1.54) is 161 Å². The first-order valence-corrected chi connectivity index (χ1v) is 29.2. The fourth-order valence-corrected chi connectivity index (χ4v) is 8.79. The van der Waals surface area contributed by atoms with Crippen LogP contribution in [-0.4, -0.2) is 74.3 Å². The molecule has 10 heteroatoms. The molecule has 65 heavy (non-hydrogen) atoms. The van der Waals surface area contributed by atoms with E-state index in [1.54, 1.807) is 0 Å². The third-order valence-electron chi connectivity index (χ3n) is 12.4. The van der Waals surface area contributed by atoms with Gasteiger partial charge in [-0.15, -0.1) is 0 Å². The van der Waals surface area contributed by atoms with Gasteiger partial charge >= 0.3 is 13.8 Å². The summed E-state index contributed by atoms with van der Waals surface area (Å²) in [6, 6.07) is -0.848. The monoisotopic (exact) mass is 940 g/mol. The van der Waals surface area contributed by atoms with Crippen LogP contribution in [0.2, 0.25) is 0 Å². The molecule has 3 unspecified atom stereocenters. The van der Waals surface area contributed by atoms with E-state index < -0.39 is 20.0 Å². The number of likely N-dealkylation sites (N-methyl/N-ethyl adjacent to an activating group) is 1. The first-order valence-electron chi connectivity index (χ1n) is 27.7. The maximum atomic E-state index is 13.4. The summed E-state index contributed by atoms with van der Waals surface area (Å²) in [4.78, 5) is 37.4. The fourth-order valence-electron chi connectivity index (χ4n) is 8.05. The van der Waals surface area contributed by atoms with Crippen molar-refractivity contribution in [3.8, 4) is 0 Å². The number of hydrogen-bond donors (Lipinski definition) is 2. The molecule has 0 saturated heterocycles. The van der Waals surface area contributed by atoms with Gasteiger partial charge in [0.1, 0.15) is 19.3 Å². The lowest BCUT2D eigenvalue weighted by atomic mass is 10.0. The Labute approximate surface area is 403 Å². The van der Waals surface area contributed by atoms with Gasteiger partial charge in [0, 0.05) is 12.8 Å². The number of rotatable bonds is 50. The van der Waals surface area contributed by atoms with Gasteiger partial charge in [-0.05, 0) is 57.4 Å². The lowest BCUT2D eigenvalue weighted by Gasteiger charge is -2.27. The Balaban J connectivity index is 5.36. The van der Waals surface area contributed by atoms with Crippen molar-refractivity contribution in [2.75, 3.05) is 40.9 Å². The van der Waals surface area contributed by atoms with E-state index in [-0.39, 0.29) is 25.1 Å². The minimum Gasteiger partial charge on any atom is -0.456 e. The van der Waals surface area contributed by atoms with Crippen LogP contribution in [0.5, 0.6) is 0 Å². The van der Waals surface area contributed by atoms with Crippen molar-refractivity contribution >= 4 is 19.7 Å². The third kappa shape index (κ3) is 47.4. The van der Waals surface area contributed by atoms with Crippen LogP contribution in [0.3, 0.4) is 0 Å². The summed E-state index contributed by atoms with van der Waals surface area (Å²) in [5, 5.41) is 3.03. The van der Waals surface area contributed by atoms with Crippen molar-refractivity contribution in [2.24, 2.45) is 0 Å². The molecule has 9 nitrogen and oxygen atoms in total. The van der Waals surface area contributed by atoms with Gasteiger partial charge in [0.05, 0.1) is 33.8 Å². The molecule has 0 radical (unpaired) electrons. The molecule has 384 valence electrons. The molecule has 0 rings (SSSR count). The highest BCUT2D eigenvalue weighted by molar-refractivity contribution is 7.47. The summed E-state index contributed by atoms with van der Waals surface area (Å²) in [5.74, 6) is -0.515. The minimum atomic E-state index is -4.44. The Morgan fingerprint density at radius 1 is 0.523 bits per heavy atom. The minimum absolute atomic E-state index is 0.0405. The van der Waals surface area contributed by atoms with E-state index in [4.69, 9.17) is 13.8 Å². The average molecular weight is 940 g/mol. The van der Waals surface area contributed by atoms with Crippen LogP contribution in [0.25, 0.3) is 0 Å². The second-order valence-electron chi connectivity index (χ2n) is 20.1. The molecule has 0 saturated carbocycles. The van der Waals surface area contributed by atoms with Gasteiger partial charge in [-0.2, -0.15) is 0 Å². The van der Waals surface area contributed by atoms with Crippen LogP contribution >= 0.6 is 7.82 Å². The van der Waals surface area contributed by atoms with E-state index in [9.17, 15) is 19.0 Å². The van der Waals surface area contributed by atoms with Crippen LogP contribution in [0.15, 0.2) is 24.3 Å². The standard InChI is InChI=1S/C55H107N2O7P/c1-7-10-13-16-19-22-25-27-28-30-33-36-39-42-45-48-55(59)64-53(46-43-40-37-34-31-24-21-18-15-12-9-3)52(51-63-65(60,61)62-50-49-57(4,5)6)56-54(58)47-44-41-38-35-32-29-26-23-20-17-14-11-8-2/h29,32,43,46,52-53H,7-28,30-31,33-42,44-45,47-51H2,1-6H3,(H-,56,58,60,61)/p+1/b32-29-,46-43+. The number of allylic oxidation sites excluding steroid dienone is 3. The number of carbonyl (C=O) groups excluding carboxylic acids is 2. The SMILES string of the molecule is CCCCCCCC/C=C\CCCCCC(=O)NC(COP(=O)(O)OCC[N+](C)(C)C)C(/C=C/CCCCCCCCCCC)OC(=O)CCCCCCCCCCCCCCCCC. The van der Waals surface area contributed by atoms with E-state index in [2.05, 4.69) is 38.2 Å². The molecule has 0 aromatic heterocycles. The van der Waals surface area contributed by atoms with Crippen molar-refractivity contribution in [1.29, 1.82) is 0 Å². The van der Waals surface area contributed by atoms with Gasteiger partial charge in [0.25, 0.3) is 0 Å². The number of nitrogens with one attached hydrogen (secondary N) is 1. The Hall–Kier alpha value is -1.51. The zero-order valence-corrected chi connectivity index (χ0v) is 44.6. The van der Waals surface area contributed by atoms with Gasteiger partial charge in [0.15, 0.2) is 0 Å². The molecule has 0 fully saturated rings. The smallest absolute Gasteiger partial charge is 0.456 e. The van der Waals surface area contributed by atoms with Gasteiger partial charge in [-0.25, -0.2) is 4.57 Å². The number of esters is 1. The topological polar surface area (TPSA) is 111 Å². The first-order chi connectivity index (χ1) is 31.4. The molecule has 0 bridgehead atoms. The Bertz CT molecular complexity index is 1170. The number of carbonyl (C=O) groups is 2. The highest BCUT2D eigenvalue weighted by Crippen LogP contribution is 2.43. The average Bonchev–Trinajstić information content (AvgIpc) is 3.26. The molecule has 2 N–H and O–H groups in total. The molecular weight excluding hydrogens is 832 g/mol. The molecule has 0 heterocycles. The largest absolute Gasteiger partial charge is 0.472 e. The van der Waals surface area contributed by atoms with E-state index >= 15 is 0 Å². The molecule has 0 aliphatic rings. The van der Waals surface area contributed by atoms with Crippen molar-refractivity contribution in [2.45, 2.75) is 277 Å². The van der Waals surface area contributed by atoms with Crippen molar-refractivity contribution in [1.82, 2.24) is 5.32 Å². The van der Waals surface area contributed by atoms with Crippen LogP contribution in [0.1, 0.15) is 265 Å². The Kier molecular flexibility index (Phi) is 45.2. The normalized spacial score (nSPS) is 14.0. The predicted octanol–water partition coefficient (Wildman–Crippen LogP) is 16.2. The maximum Gasteiger partial charge on any atom is 0.472 e. The summed E-state index contributed by atoms with van der Waals surface area (Å²) in [6.07, 6.45) is 51.7. The molecule has 0 aliphatic heterocycles. The summed E-state index contributed by atoms with van der Waals surface area (Å²) >= 11 is 0. The van der Waals surface area contributed by atoms with E-state index in [1.807, 2.05) is 33.3 Å². The van der Waals surface area contributed by atoms with Crippen LogP contribution < -0.4 is 5.32 Å². The summed E-state index contributed by atoms with van der Waals surface area (Å²) < 4.78 is 30.5. The molecule has 0 aromatic carbocycles. The molecule has 0 spiro atoms. The fraction of sp³-hybridized carbons (Fsp3) is 0.891. The summed E-state index contributed by atoms with van der Waals surface area (Å²) in [5.41, 5.74) is 0. The highest BCUT2D eigenvalue weighted by atomic mass is 31.2. The summed E-state index contributed by atoms with van der Waals surface area (Å²) in [6.45, 7) is 7.00. The lowest BCUT2D eigenvalue weighted by Crippen LogP contribution is -2.47. The van der Waals surface area contributed by atoms with Crippen molar-refractivity contribution in [3.63, 3.8) is 0 Å². The zero-order valence-electron chi connectivity index (χ0n) is 43.7. The Morgan fingerprint density at radius 3 is 1.32 bits per heavy atom. The Morgan fingerprint density at radius 2 is 0.892 bits per heavy atom. The molecule has 0 aliphatic carbocycles. The lowest BCUT2D eigenvalue weighted by molar-refractivity contribution is -0.870. The first kappa shape index (κ1) is 63.5. The molecule has 1 amide bonds. The number of phosphoric acid groups is 1. The van der Waals surface area contributed by atoms with E-state index in [0.717, 1.165) is 70.6 Å². The number of nitrogens with zero attached hydrogens (tertiary/aromatic N) is 1. The number of unbranched alkanes of at least 4 members (excludes halogenated alkanes) is 32. The molecule has 0 aromatic rings. The third-order valence-corrected chi connectivity index (χ3v) is 13.4.